The number of pyridine rings is 1. The summed E-state index contributed by atoms with van der Waals surface area (Å²) in [5.41, 5.74) is 8.86. The van der Waals surface area contributed by atoms with Gasteiger partial charge in [0, 0.05) is 38.9 Å². The lowest BCUT2D eigenvalue weighted by molar-refractivity contribution is 0.1000. The van der Waals surface area contributed by atoms with Gasteiger partial charge in [0.1, 0.15) is 5.82 Å². The Labute approximate surface area is 155 Å². The van der Waals surface area contributed by atoms with Crippen molar-refractivity contribution in [2.45, 2.75) is 32.7 Å². The highest BCUT2D eigenvalue weighted by Crippen LogP contribution is 2.23. The summed E-state index contributed by atoms with van der Waals surface area (Å²) in [5, 5.41) is 0. The number of nitrogens with two attached hydrogens (primary N) is 1. The minimum absolute atomic E-state index is 0.185. The van der Waals surface area contributed by atoms with Gasteiger partial charge in [0.05, 0.1) is 5.56 Å². The van der Waals surface area contributed by atoms with Gasteiger partial charge in [-0.3, -0.25) is 9.69 Å². The van der Waals surface area contributed by atoms with E-state index in [1.165, 1.54) is 11.1 Å². The number of hydrogen-bond donors (Lipinski definition) is 1. The van der Waals surface area contributed by atoms with Crippen molar-refractivity contribution in [1.82, 2.24) is 9.88 Å². The SMILES string of the molecule is CC(C)(C)c1ccc(CN2CCN(c3ncccc3C(N)=O)CC2)cc1. The number of anilines is 1. The average molecular weight is 352 g/mol. The first-order chi connectivity index (χ1) is 12.3. The van der Waals surface area contributed by atoms with Crippen LogP contribution >= 0.6 is 0 Å². The maximum absolute atomic E-state index is 11.6. The summed E-state index contributed by atoms with van der Waals surface area (Å²) >= 11 is 0. The second-order valence-corrected chi connectivity index (χ2v) is 7.95. The van der Waals surface area contributed by atoms with E-state index in [9.17, 15) is 4.79 Å². The molecule has 1 fully saturated rings. The van der Waals surface area contributed by atoms with Gasteiger partial charge in [0.15, 0.2) is 0 Å². The first-order valence-corrected chi connectivity index (χ1v) is 9.16. The molecular weight excluding hydrogens is 324 g/mol. The molecule has 0 unspecified atom stereocenters. The van der Waals surface area contributed by atoms with Crippen molar-refractivity contribution < 1.29 is 4.79 Å². The lowest BCUT2D eigenvalue weighted by Gasteiger charge is -2.36. The summed E-state index contributed by atoms with van der Waals surface area (Å²) in [4.78, 5) is 20.6. The van der Waals surface area contributed by atoms with Gasteiger partial charge in [-0.25, -0.2) is 4.98 Å². The maximum Gasteiger partial charge on any atom is 0.252 e. The van der Waals surface area contributed by atoms with Gasteiger partial charge in [0.2, 0.25) is 0 Å². The Morgan fingerprint density at radius 2 is 1.73 bits per heavy atom. The van der Waals surface area contributed by atoms with Crippen molar-refractivity contribution in [3.63, 3.8) is 0 Å². The second kappa shape index (κ2) is 7.46. The molecule has 1 saturated heterocycles. The molecular formula is C21H28N4O. The van der Waals surface area contributed by atoms with Gasteiger partial charge < -0.3 is 10.6 Å². The predicted octanol–water partition coefficient (Wildman–Crippen LogP) is 2.80. The number of carbonyl (C=O) groups excluding carboxylic acids is 1. The van der Waals surface area contributed by atoms with Crippen LogP contribution in [0, 0.1) is 0 Å². The molecule has 1 aromatic carbocycles. The number of piperazine rings is 1. The van der Waals surface area contributed by atoms with E-state index in [2.05, 4.69) is 59.8 Å². The lowest BCUT2D eigenvalue weighted by atomic mass is 9.87. The van der Waals surface area contributed by atoms with Crippen molar-refractivity contribution in [3.8, 4) is 0 Å². The molecule has 1 aliphatic heterocycles. The number of amides is 1. The first kappa shape index (κ1) is 18.4. The highest BCUT2D eigenvalue weighted by molar-refractivity contribution is 5.97. The predicted molar refractivity (Wildman–Crippen MR) is 105 cm³/mol. The Morgan fingerprint density at radius 1 is 1.08 bits per heavy atom. The van der Waals surface area contributed by atoms with Crippen LogP contribution in [0.25, 0.3) is 0 Å². The molecule has 0 radical (unpaired) electrons. The fourth-order valence-electron chi connectivity index (χ4n) is 3.33. The van der Waals surface area contributed by atoms with E-state index in [0.717, 1.165) is 32.7 Å². The highest BCUT2D eigenvalue weighted by Gasteiger charge is 2.22. The molecule has 2 heterocycles. The van der Waals surface area contributed by atoms with Crippen molar-refractivity contribution in [1.29, 1.82) is 0 Å². The number of rotatable bonds is 4. The van der Waals surface area contributed by atoms with Crippen molar-refractivity contribution >= 4 is 11.7 Å². The Bertz CT molecular complexity index is 756. The van der Waals surface area contributed by atoms with E-state index in [1.807, 2.05) is 0 Å². The Morgan fingerprint density at radius 3 is 2.31 bits per heavy atom. The molecule has 3 rings (SSSR count). The van der Waals surface area contributed by atoms with E-state index in [4.69, 9.17) is 5.73 Å². The van der Waals surface area contributed by atoms with Gasteiger partial charge in [-0.15, -0.1) is 0 Å². The average Bonchev–Trinajstić information content (AvgIpc) is 2.62. The summed E-state index contributed by atoms with van der Waals surface area (Å²) in [7, 11) is 0. The van der Waals surface area contributed by atoms with Crippen molar-refractivity contribution in [2.75, 3.05) is 31.1 Å². The Kier molecular flexibility index (Phi) is 5.28. The second-order valence-electron chi connectivity index (χ2n) is 7.95. The fourth-order valence-corrected chi connectivity index (χ4v) is 3.33. The summed E-state index contributed by atoms with van der Waals surface area (Å²) in [6.45, 7) is 11.2. The standard InChI is InChI=1S/C21H28N4O/c1-21(2,3)17-8-6-16(7-9-17)15-24-11-13-25(14-12-24)20-18(19(22)26)5-4-10-23-20/h4-10H,11-15H2,1-3H3,(H2,22,26). The molecule has 1 aromatic heterocycles. The van der Waals surface area contributed by atoms with Crippen molar-refractivity contribution in [2.24, 2.45) is 5.73 Å². The zero-order valence-corrected chi connectivity index (χ0v) is 15.9. The zero-order valence-electron chi connectivity index (χ0n) is 15.9. The van der Waals surface area contributed by atoms with E-state index in [-0.39, 0.29) is 5.41 Å². The third-order valence-corrected chi connectivity index (χ3v) is 4.95. The quantitative estimate of drug-likeness (QED) is 0.919. The molecule has 0 spiro atoms. The van der Waals surface area contributed by atoms with Crippen molar-refractivity contribution in [3.05, 3.63) is 59.3 Å². The van der Waals surface area contributed by atoms with Gasteiger partial charge in [-0.05, 0) is 28.7 Å². The van der Waals surface area contributed by atoms with Crippen LogP contribution < -0.4 is 10.6 Å². The topological polar surface area (TPSA) is 62.5 Å². The molecule has 1 aliphatic rings. The number of carbonyl (C=O) groups is 1. The fraction of sp³-hybridized carbons (Fsp3) is 0.429. The summed E-state index contributed by atoms with van der Waals surface area (Å²) < 4.78 is 0. The third-order valence-electron chi connectivity index (χ3n) is 4.95. The van der Waals surface area contributed by atoms with Crippen LogP contribution in [0.4, 0.5) is 5.82 Å². The minimum atomic E-state index is -0.422. The largest absolute Gasteiger partial charge is 0.365 e. The molecule has 0 aliphatic carbocycles. The molecule has 5 heteroatoms. The molecule has 26 heavy (non-hydrogen) atoms. The summed E-state index contributed by atoms with van der Waals surface area (Å²) in [6, 6.07) is 12.4. The van der Waals surface area contributed by atoms with Crippen LogP contribution in [0.3, 0.4) is 0 Å². The molecule has 1 amide bonds. The molecule has 138 valence electrons. The third kappa shape index (κ3) is 4.22. The molecule has 0 saturated carbocycles. The van der Waals surface area contributed by atoms with Crippen LogP contribution in [-0.4, -0.2) is 42.0 Å². The Balaban J connectivity index is 1.60. The van der Waals surface area contributed by atoms with E-state index in [0.29, 0.717) is 11.4 Å². The number of hydrogen-bond acceptors (Lipinski definition) is 4. The van der Waals surface area contributed by atoms with E-state index >= 15 is 0 Å². The smallest absolute Gasteiger partial charge is 0.252 e. The normalized spacial score (nSPS) is 15.9. The molecule has 2 N–H and O–H groups in total. The number of nitrogens with zero attached hydrogens (tertiary/aromatic N) is 3. The van der Waals surface area contributed by atoms with Gasteiger partial charge in [0.25, 0.3) is 5.91 Å². The molecule has 2 aromatic rings. The maximum atomic E-state index is 11.6. The number of aromatic nitrogens is 1. The molecule has 5 nitrogen and oxygen atoms in total. The monoisotopic (exact) mass is 352 g/mol. The van der Waals surface area contributed by atoms with Crippen LogP contribution in [0.2, 0.25) is 0 Å². The minimum Gasteiger partial charge on any atom is -0.365 e. The lowest BCUT2D eigenvalue weighted by Crippen LogP contribution is -2.46. The van der Waals surface area contributed by atoms with Crippen LogP contribution in [-0.2, 0) is 12.0 Å². The number of primary amides is 1. The van der Waals surface area contributed by atoms with Crippen LogP contribution in [0.1, 0.15) is 42.3 Å². The van der Waals surface area contributed by atoms with E-state index < -0.39 is 5.91 Å². The summed E-state index contributed by atoms with van der Waals surface area (Å²) in [6.07, 6.45) is 1.71. The first-order valence-electron chi connectivity index (χ1n) is 9.16. The van der Waals surface area contributed by atoms with E-state index in [1.54, 1.807) is 18.3 Å². The highest BCUT2D eigenvalue weighted by atomic mass is 16.1. The zero-order chi connectivity index (χ0) is 18.7. The van der Waals surface area contributed by atoms with Crippen LogP contribution in [0.5, 0.6) is 0 Å². The Hall–Kier alpha value is -2.40. The van der Waals surface area contributed by atoms with Gasteiger partial charge in [-0.1, -0.05) is 45.0 Å². The van der Waals surface area contributed by atoms with Crippen LogP contribution in [0.15, 0.2) is 42.6 Å². The molecule has 0 bridgehead atoms. The summed E-state index contributed by atoms with van der Waals surface area (Å²) in [5.74, 6) is 0.281. The van der Waals surface area contributed by atoms with Gasteiger partial charge >= 0.3 is 0 Å². The number of benzene rings is 1. The van der Waals surface area contributed by atoms with Gasteiger partial charge in [-0.2, -0.15) is 0 Å². The molecule has 0 atom stereocenters.